The normalized spacial score (nSPS) is 42.6. The predicted octanol–water partition coefficient (Wildman–Crippen LogP) is 1.71. The van der Waals surface area contributed by atoms with Gasteiger partial charge in [-0.1, -0.05) is 0 Å². The van der Waals surface area contributed by atoms with E-state index in [0.717, 1.165) is 0 Å². The summed E-state index contributed by atoms with van der Waals surface area (Å²) in [5.74, 6) is 0. The van der Waals surface area contributed by atoms with Gasteiger partial charge < -0.3 is 0 Å². The van der Waals surface area contributed by atoms with Crippen LogP contribution in [0.1, 0.15) is 12.8 Å². The highest BCUT2D eigenvalue weighted by atomic mass is 35.5. The Bertz CT molecular complexity index is 180. The highest BCUT2D eigenvalue weighted by Crippen LogP contribution is 2.29. The lowest BCUT2D eigenvalue weighted by Gasteiger charge is -2.26. The van der Waals surface area contributed by atoms with Gasteiger partial charge in [-0.2, -0.15) is 0 Å². The molecule has 0 aliphatic heterocycles. The molecule has 0 spiro atoms. The zero-order valence-corrected chi connectivity index (χ0v) is 6.88. The van der Waals surface area contributed by atoms with Gasteiger partial charge in [-0.3, -0.25) is 10.1 Å². The predicted molar refractivity (Wildman–Crippen MR) is 39.4 cm³/mol. The van der Waals surface area contributed by atoms with E-state index in [1.807, 2.05) is 0 Å². The number of rotatable bonds is 1. The van der Waals surface area contributed by atoms with E-state index in [9.17, 15) is 18.9 Å². The van der Waals surface area contributed by atoms with Crippen LogP contribution in [-0.2, 0) is 0 Å². The van der Waals surface area contributed by atoms with Gasteiger partial charge in [-0.05, 0) is 0 Å². The van der Waals surface area contributed by atoms with Crippen molar-refractivity contribution in [2.45, 2.75) is 36.6 Å². The number of nitro groups is 1. The summed E-state index contributed by atoms with van der Waals surface area (Å²) in [7, 11) is 0. The molecule has 0 aromatic rings. The van der Waals surface area contributed by atoms with E-state index in [-0.39, 0.29) is 12.8 Å². The molecule has 0 heterocycles. The first-order valence-corrected chi connectivity index (χ1v) is 4.01. The molecule has 0 bridgehead atoms. The smallest absolute Gasteiger partial charge is 0.217 e. The molecule has 0 aromatic heterocycles. The molecule has 1 saturated carbocycles. The van der Waals surface area contributed by atoms with Crippen LogP contribution in [-0.4, -0.2) is 28.7 Å². The van der Waals surface area contributed by atoms with Gasteiger partial charge in [-0.15, -0.1) is 11.6 Å². The average Bonchev–Trinajstić information content (AvgIpc) is 1.99. The Labute approximate surface area is 72.8 Å². The second-order valence-electron chi connectivity index (χ2n) is 2.89. The Morgan fingerprint density at radius 1 is 1.42 bits per heavy atom. The second-order valence-corrected chi connectivity index (χ2v) is 3.45. The summed E-state index contributed by atoms with van der Waals surface area (Å²) in [5, 5.41) is 9.14. The van der Waals surface area contributed by atoms with Crippen LogP contribution < -0.4 is 0 Å². The molecule has 1 rings (SSSR count). The Morgan fingerprint density at radius 2 is 2.00 bits per heavy atom. The van der Waals surface area contributed by atoms with E-state index < -0.39 is 28.7 Å². The van der Waals surface area contributed by atoms with Crippen molar-refractivity contribution < 1.29 is 13.7 Å². The molecule has 12 heavy (non-hydrogen) atoms. The maximum atomic E-state index is 12.7. The SMILES string of the molecule is O=[N+]([O-])C1CC(F)C(F)C(Cl)C1. The minimum atomic E-state index is -1.79. The molecule has 1 aliphatic carbocycles. The molecule has 1 fully saturated rings. The topological polar surface area (TPSA) is 43.1 Å². The van der Waals surface area contributed by atoms with Crippen molar-refractivity contribution in [1.82, 2.24) is 0 Å². The third kappa shape index (κ3) is 1.83. The van der Waals surface area contributed by atoms with Gasteiger partial charge in [0.2, 0.25) is 6.04 Å². The first kappa shape index (κ1) is 9.64. The summed E-state index contributed by atoms with van der Waals surface area (Å²) in [4.78, 5) is 9.61. The van der Waals surface area contributed by atoms with Crippen molar-refractivity contribution in [2.75, 3.05) is 0 Å². The number of hydrogen-bond donors (Lipinski definition) is 0. The Hall–Kier alpha value is -0.450. The fourth-order valence-electron chi connectivity index (χ4n) is 1.27. The van der Waals surface area contributed by atoms with Crippen molar-refractivity contribution >= 4 is 11.6 Å². The fourth-order valence-corrected chi connectivity index (χ4v) is 1.64. The average molecular weight is 200 g/mol. The third-order valence-electron chi connectivity index (χ3n) is 1.98. The molecule has 70 valence electrons. The number of halogens is 3. The number of nitrogens with zero attached hydrogens (tertiary/aromatic N) is 1. The summed E-state index contributed by atoms with van der Waals surface area (Å²) in [6.07, 6.45) is -4.01. The third-order valence-corrected chi connectivity index (χ3v) is 2.40. The van der Waals surface area contributed by atoms with Crippen LogP contribution in [0.3, 0.4) is 0 Å². The highest BCUT2D eigenvalue weighted by Gasteiger charge is 2.42. The Morgan fingerprint density at radius 3 is 2.42 bits per heavy atom. The van der Waals surface area contributed by atoms with Gasteiger partial charge in [0.25, 0.3) is 0 Å². The molecule has 4 atom stereocenters. The number of alkyl halides is 3. The van der Waals surface area contributed by atoms with Crippen molar-refractivity contribution in [3.8, 4) is 0 Å². The maximum Gasteiger partial charge on any atom is 0.217 e. The summed E-state index contributed by atoms with van der Waals surface area (Å²) in [6, 6.07) is -1.03. The van der Waals surface area contributed by atoms with Gasteiger partial charge in [0.15, 0.2) is 0 Å². The molecule has 0 amide bonds. The Balaban J connectivity index is 2.59. The maximum absolute atomic E-state index is 12.7. The van der Waals surface area contributed by atoms with Crippen molar-refractivity contribution in [2.24, 2.45) is 0 Å². The molecule has 0 aromatic carbocycles. The van der Waals surface area contributed by atoms with Crippen LogP contribution in [0.2, 0.25) is 0 Å². The van der Waals surface area contributed by atoms with Gasteiger partial charge >= 0.3 is 0 Å². The van der Waals surface area contributed by atoms with Crippen LogP contribution in [0.15, 0.2) is 0 Å². The summed E-state index contributed by atoms with van der Waals surface area (Å²) in [6.45, 7) is 0. The molecular weight excluding hydrogens is 192 g/mol. The lowest BCUT2D eigenvalue weighted by atomic mass is 9.92. The summed E-state index contributed by atoms with van der Waals surface area (Å²) in [5.41, 5.74) is 0. The molecule has 6 heteroatoms. The van der Waals surface area contributed by atoms with Crippen LogP contribution in [0, 0.1) is 10.1 Å². The largest absolute Gasteiger partial charge is 0.264 e. The van der Waals surface area contributed by atoms with E-state index in [1.54, 1.807) is 0 Å². The van der Waals surface area contributed by atoms with Crippen LogP contribution in [0.4, 0.5) is 8.78 Å². The van der Waals surface area contributed by atoms with Crippen LogP contribution >= 0.6 is 11.6 Å². The first-order chi connectivity index (χ1) is 5.52. The quantitative estimate of drug-likeness (QED) is 0.367. The Kier molecular flexibility index (Phi) is 2.82. The second kappa shape index (κ2) is 3.51. The molecule has 0 saturated heterocycles. The van der Waals surface area contributed by atoms with Gasteiger partial charge in [-0.25, -0.2) is 8.78 Å². The van der Waals surface area contributed by atoms with E-state index in [0.29, 0.717) is 0 Å². The van der Waals surface area contributed by atoms with E-state index >= 15 is 0 Å². The van der Waals surface area contributed by atoms with Crippen molar-refractivity contribution in [1.29, 1.82) is 0 Å². The lowest BCUT2D eigenvalue weighted by Crippen LogP contribution is -2.42. The van der Waals surface area contributed by atoms with Gasteiger partial charge in [0, 0.05) is 17.8 Å². The molecule has 1 aliphatic rings. The molecular formula is C6H8ClF2NO2. The molecule has 0 radical (unpaired) electrons. The first-order valence-electron chi connectivity index (χ1n) is 3.58. The van der Waals surface area contributed by atoms with E-state index in [4.69, 9.17) is 11.6 Å². The van der Waals surface area contributed by atoms with Crippen LogP contribution in [0.5, 0.6) is 0 Å². The van der Waals surface area contributed by atoms with Crippen molar-refractivity contribution in [3.63, 3.8) is 0 Å². The van der Waals surface area contributed by atoms with Gasteiger partial charge in [0.05, 0.1) is 5.38 Å². The van der Waals surface area contributed by atoms with E-state index in [1.165, 1.54) is 0 Å². The monoisotopic (exact) mass is 199 g/mol. The molecule has 4 unspecified atom stereocenters. The standard InChI is InChI=1S/C6H8ClF2NO2/c7-4-1-3(10(11)12)2-5(8)6(4)9/h3-6H,1-2H2. The minimum Gasteiger partial charge on any atom is -0.264 e. The molecule has 3 nitrogen and oxygen atoms in total. The van der Waals surface area contributed by atoms with Gasteiger partial charge in [0.1, 0.15) is 12.3 Å². The zero-order chi connectivity index (χ0) is 9.30. The summed E-state index contributed by atoms with van der Waals surface area (Å²) < 4.78 is 25.4. The zero-order valence-electron chi connectivity index (χ0n) is 6.12. The van der Waals surface area contributed by atoms with Crippen LogP contribution in [0.25, 0.3) is 0 Å². The fraction of sp³-hybridized carbons (Fsp3) is 1.00. The lowest BCUT2D eigenvalue weighted by molar-refractivity contribution is -0.528. The van der Waals surface area contributed by atoms with E-state index in [2.05, 4.69) is 0 Å². The molecule has 0 N–H and O–H groups in total. The van der Waals surface area contributed by atoms with Crippen molar-refractivity contribution in [3.05, 3.63) is 10.1 Å². The number of hydrogen-bond acceptors (Lipinski definition) is 2. The minimum absolute atomic E-state index is 0.0872. The highest BCUT2D eigenvalue weighted by molar-refractivity contribution is 6.21. The summed E-state index contributed by atoms with van der Waals surface area (Å²) >= 11 is 5.38.